The molecule has 0 aliphatic carbocycles. The Labute approximate surface area is 178 Å². The molecule has 1 saturated heterocycles. The first-order chi connectivity index (χ1) is 13.6. The summed E-state index contributed by atoms with van der Waals surface area (Å²) in [5.41, 5.74) is 0.886. The molecule has 1 fully saturated rings. The van der Waals surface area contributed by atoms with E-state index < -0.39 is 41.2 Å². The average Bonchev–Trinajstić information content (AvgIpc) is 3.00. The third-order valence-electron chi connectivity index (χ3n) is 4.63. The molecule has 156 valence electrons. The van der Waals surface area contributed by atoms with Gasteiger partial charge in [-0.05, 0) is 29.8 Å². The summed E-state index contributed by atoms with van der Waals surface area (Å²) < 4.78 is 7.15. The smallest absolute Gasteiger partial charge is 0.352 e. The minimum Gasteiger partial charge on any atom is -0.477 e. The molecule has 29 heavy (non-hydrogen) atoms. The number of rotatable bonds is 6. The quantitative estimate of drug-likeness (QED) is 0.446. The lowest BCUT2D eigenvalue weighted by molar-refractivity contribution is -0.151. The minimum absolute atomic E-state index is 0.190. The van der Waals surface area contributed by atoms with Gasteiger partial charge in [0.05, 0.1) is 10.2 Å². The second-order valence-electron chi connectivity index (χ2n) is 6.65. The number of carboxylic acid groups (broad SMARTS) is 1. The molecule has 0 unspecified atom stereocenters. The van der Waals surface area contributed by atoms with Crippen LogP contribution in [0.3, 0.4) is 0 Å². The molecule has 10 nitrogen and oxygen atoms in total. The Morgan fingerprint density at radius 2 is 2.17 bits per heavy atom. The van der Waals surface area contributed by atoms with E-state index in [0.29, 0.717) is 5.57 Å². The predicted octanol–water partition coefficient (Wildman–Crippen LogP) is 0.817. The number of amides is 2. The maximum atomic E-state index is 12.6. The molecular weight excluding hydrogens is 468 g/mol. The van der Waals surface area contributed by atoms with Crippen molar-refractivity contribution in [2.24, 2.45) is 0 Å². The zero-order chi connectivity index (χ0) is 21.5. The fraction of sp³-hybridized carbons (Fsp3) is 0.471. The number of esters is 1. The van der Waals surface area contributed by atoms with Crippen LogP contribution < -0.4 is 5.32 Å². The maximum Gasteiger partial charge on any atom is 0.352 e. The topological polar surface area (TPSA) is 131 Å². The number of aliphatic carboxylic acids is 1. The first-order valence-electron chi connectivity index (χ1n) is 8.66. The van der Waals surface area contributed by atoms with Crippen molar-refractivity contribution in [3.05, 3.63) is 27.6 Å². The Kier molecular flexibility index (Phi) is 6.03. The molecule has 12 heteroatoms. The van der Waals surface area contributed by atoms with Gasteiger partial charge < -0.3 is 15.2 Å². The molecule has 3 rings (SSSR count). The fourth-order valence-electron chi connectivity index (χ4n) is 3.03. The van der Waals surface area contributed by atoms with Crippen molar-refractivity contribution in [1.82, 2.24) is 20.0 Å². The Bertz CT molecular complexity index is 910. The van der Waals surface area contributed by atoms with Crippen LogP contribution in [0.15, 0.2) is 21.9 Å². The molecule has 0 spiro atoms. The molecule has 0 saturated carbocycles. The van der Waals surface area contributed by atoms with Crippen LogP contribution in [0.4, 0.5) is 0 Å². The largest absolute Gasteiger partial charge is 0.477 e. The van der Waals surface area contributed by atoms with Gasteiger partial charge in [-0.1, -0.05) is 0 Å². The summed E-state index contributed by atoms with van der Waals surface area (Å²) in [7, 11) is 0. The van der Waals surface area contributed by atoms with Crippen LogP contribution in [-0.2, 0) is 23.9 Å². The number of aromatic nitrogens is 2. The van der Waals surface area contributed by atoms with E-state index in [2.05, 4.69) is 26.3 Å². The molecule has 2 N–H and O–H groups in total. The SMILES string of the molecule is CC(=O)OCC1=C(C(=O)O)N2C(=O)[C@@H](NC(=O)[C@H](C)n3cc(Br)c(C)n3)[C@H]2SC1. The van der Waals surface area contributed by atoms with Crippen LogP contribution in [0, 0.1) is 6.92 Å². The maximum absolute atomic E-state index is 12.6. The summed E-state index contributed by atoms with van der Waals surface area (Å²) in [6.07, 6.45) is 1.68. The number of ether oxygens (including phenoxy) is 1. The number of halogens is 1. The van der Waals surface area contributed by atoms with E-state index in [4.69, 9.17) is 4.74 Å². The van der Waals surface area contributed by atoms with Gasteiger partial charge in [-0.15, -0.1) is 11.8 Å². The van der Waals surface area contributed by atoms with Crippen molar-refractivity contribution in [1.29, 1.82) is 0 Å². The molecule has 3 heterocycles. The highest BCUT2D eigenvalue weighted by atomic mass is 79.9. The van der Waals surface area contributed by atoms with Crippen LogP contribution in [0.1, 0.15) is 25.6 Å². The van der Waals surface area contributed by atoms with Gasteiger partial charge in [0.25, 0.3) is 5.91 Å². The van der Waals surface area contributed by atoms with Gasteiger partial charge >= 0.3 is 11.9 Å². The lowest BCUT2D eigenvalue weighted by Crippen LogP contribution is -2.71. The predicted molar refractivity (Wildman–Crippen MR) is 106 cm³/mol. The van der Waals surface area contributed by atoms with Gasteiger partial charge in [0.1, 0.15) is 29.8 Å². The van der Waals surface area contributed by atoms with Crippen LogP contribution in [0.5, 0.6) is 0 Å². The van der Waals surface area contributed by atoms with Gasteiger partial charge in [0, 0.05) is 24.4 Å². The Morgan fingerprint density at radius 3 is 2.72 bits per heavy atom. The van der Waals surface area contributed by atoms with E-state index in [9.17, 15) is 24.3 Å². The number of carbonyl (C=O) groups is 4. The first-order valence-corrected chi connectivity index (χ1v) is 10.5. The van der Waals surface area contributed by atoms with Crippen molar-refractivity contribution in [2.45, 2.75) is 38.2 Å². The average molecular weight is 487 g/mol. The first kappa shape index (κ1) is 21.4. The lowest BCUT2D eigenvalue weighted by Gasteiger charge is -2.49. The number of aryl methyl sites for hydroxylation is 1. The van der Waals surface area contributed by atoms with E-state index in [0.717, 1.165) is 15.1 Å². The van der Waals surface area contributed by atoms with Crippen LogP contribution in [0.2, 0.25) is 0 Å². The van der Waals surface area contributed by atoms with Crippen molar-refractivity contribution in [3.63, 3.8) is 0 Å². The Hall–Kier alpha value is -2.34. The minimum atomic E-state index is -1.28. The zero-order valence-corrected chi connectivity index (χ0v) is 18.2. The van der Waals surface area contributed by atoms with E-state index in [1.54, 1.807) is 20.0 Å². The van der Waals surface area contributed by atoms with Crippen molar-refractivity contribution < 1.29 is 29.0 Å². The van der Waals surface area contributed by atoms with Crippen molar-refractivity contribution >= 4 is 51.4 Å². The Morgan fingerprint density at radius 1 is 1.48 bits per heavy atom. The molecular formula is C17H19BrN4O6S. The number of β-lactam (4-membered cyclic amide) rings is 1. The summed E-state index contributed by atoms with van der Waals surface area (Å²) in [6.45, 7) is 4.48. The zero-order valence-electron chi connectivity index (χ0n) is 15.8. The highest BCUT2D eigenvalue weighted by Gasteiger charge is 2.54. The second kappa shape index (κ2) is 8.19. The third kappa shape index (κ3) is 4.04. The molecule has 2 aliphatic heterocycles. The summed E-state index contributed by atoms with van der Waals surface area (Å²) in [5.74, 6) is -2.45. The molecule has 1 aromatic heterocycles. The third-order valence-corrected chi connectivity index (χ3v) is 6.75. The molecule has 2 aliphatic rings. The van der Waals surface area contributed by atoms with Gasteiger partial charge in [0.2, 0.25) is 5.91 Å². The molecule has 0 radical (unpaired) electrons. The normalized spacial score (nSPS) is 21.9. The Balaban J connectivity index is 1.72. The second-order valence-corrected chi connectivity index (χ2v) is 8.61. The van der Waals surface area contributed by atoms with Gasteiger partial charge in [-0.25, -0.2) is 4.79 Å². The lowest BCUT2D eigenvalue weighted by atomic mass is 10.0. The van der Waals surface area contributed by atoms with E-state index in [1.165, 1.54) is 23.4 Å². The van der Waals surface area contributed by atoms with Gasteiger partial charge in [0.15, 0.2) is 0 Å². The number of carbonyl (C=O) groups excluding carboxylic acids is 3. The van der Waals surface area contributed by atoms with E-state index in [-0.39, 0.29) is 18.1 Å². The summed E-state index contributed by atoms with van der Waals surface area (Å²) in [4.78, 5) is 49.1. The monoisotopic (exact) mass is 486 g/mol. The number of fused-ring (bicyclic) bond motifs is 1. The van der Waals surface area contributed by atoms with Gasteiger partial charge in [-0.3, -0.25) is 24.0 Å². The highest BCUT2D eigenvalue weighted by Crippen LogP contribution is 2.40. The number of carboxylic acids is 1. The summed E-state index contributed by atoms with van der Waals surface area (Å²) in [5, 5.41) is 15.9. The number of nitrogens with one attached hydrogen (secondary N) is 1. The fourth-order valence-corrected chi connectivity index (χ4v) is 4.65. The number of thioether (sulfide) groups is 1. The molecule has 0 bridgehead atoms. The summed E-state index contributed by atoms with van der Waals surface area (Å²) in [6, 6.07) is -1.48. The molecule has 1 aromatic rings. The number of nitrogens with zero attached hydrogens (tertiary/aromatic N) is 3. The number of hydrogen-bond donors (Lipinski definition) is 2. The number of hydrogen-bond acceptors (Lipinski definition) is 7. The molecule has 2 amide bonds. The van der Waals surface area contributed by atoms with Gasteiger partial charge in [-0.2, -0.15) is 5.10 Å². The van der Waals surface area contributed by atoms with E-state index in [1.807, 2.05) is 0 Å². The van der Waals surface area contributed by atoms with E-state index >= 15 is 0 Å². The van der Waals surface area contributed by atoms with Crippen molar-refractivity contribution in [2.75, 3.05) is 12.4 Å². The van der Waals surface area contributed by atoms with Crippen molar-refractivity contribution in [3.8, 4) is 0 Å². The highest BCUT2D eigenvalue weighted by molar-refractivity contribution is 9.10. The summed E-state index contributed by atoms with van der Waals surface area (Å²) >= 11 is 4.65. The molecule has 3 atom stereocenters. The van der Waals surface area contributed by atoms with Crippen LogP contribution >= 0.6 is 27.7 Å². The van der Waals surface area contributed by atoms with Crippen LogP contribution in [0.25, 0.3) is 0 Å². The molecule has 0 aromatic carbocycles. The standard InChI is InChI=1S/C17H19BrN4O6S/c1-7-11(18)4-21(20-7)8(2)14(24)19-12-15(25)22-13(17(26)27)10(5-28-9(3)23)6-29-16(12)22/h4,8,12,16H,5-6H2,1-3H3,(H,19,24)(H,26,27)/t8-,12+,16+/m0/s1. The van der Waals surface area contributed by atoms with Crippen LogP contribution in [-0.4, -0.2) is 67.3 Å².